The van der Waals surface area contributed by atoms with Crippen LogP contribution in [-0.4, -0.2) is 24.8 Å². The third-order valence-corrected chi connectivity index (χ3v) is 5.89. The highest BCUT2D eigenvalue weighted by Crippen LogP contribution is 2.31. The Balaban J connectivity index is 2.31. The second kappa shape index (κ2) is 5.74. The fourth-order valence-electron chi connectivity index (χ4n) is 1.71. The van der Waals surface area contributed by atoms with Crippen LogP contribution in [0.15, 0.2) is 40.1 Å². The second-order valence-corrected chi connectivity index (χ2v) is 7.42. The molecule has 2 aromatic rings. The summed E-state index contributed by atoms with van der Waals surface area (Å²) >= 11 is 1.01. The Morgan fingerprint density at radius 2 is 2.00 bits per heavy atom. The number of aromatic nitrogens is 1. The molecule has 0 atom stereocenters. The molecule has 0 bridgehead atoms. The number of rotatable bonds is 4. The molecule has 0 unspecified atom stereocenters. The second-order valence-electron chi connectivity index (χ2n) is 4.20. The number of nitrogens with zero attached hydrogens (tertiary/aromatic N) is 2. The minimum absolute atomic E-state index is 0.0856. The number of hydrogen-bond acceptors (Lipinski definition) is 4. The highest BCUT2D eigenvalue weighted by molar-refractivity contribution is 7.91. The molecule has 2 heterocycles. The first-order valence-electron chi connectivity index (χ1n) is 5.74. The van der Waals surface area contributed by atoms with Crippen molar-refractivity contribution in [1.82, 2.24) is 9.29 Å². The van der Waals surface area contributed by atoms with Crippen molar-refractivity contribution in [3.05, 3.63) is 47.1 Å². The van der Waals surface area contributed by atoms with Crippen molar-refractivity contribution < 1.29 is 21.6 Å². The number of sulfonamides is 1. The van der Waals surface area contributed by atoms with Gasteiger partial charge in [-0.15, -0.1) is 11.3 Å². The molecule has 0 spiro atoms. The van der Waals surface area contributed by atoms with E-state index in [4.69, 9.17) is 0 Å². The van der Waals surface area contributed by atoms with E-state index in [2.05, 4.69) is 4.98 Å². The van der Waals surface area contributed by atoms with Gasteiger partial charge in [-0.1, -0.05) is 12.1 Å². The van der Waals surface area contributed by atoms with Gasteiger partial charge in [0, 0.05) is 19.8 Å². The van der Waals surface area contributed by atoms with Gasteiger partial charge in [-0.05, 0) is 23.1 Å². The van der Waals surface area contributed by atoms with Crippen LogP contribution in [0.3, 0.4) is 0 Å². The normalized spacial score (nSPS) is 12.8. The first-order valence-corrected chi connectivity index (χ1v) is 8.06. The molecule has 21 heavy (non-hydrogen) atoms. The first kappa shape index (κ1) is 15.9. The van der Waals surface area contributed by atoms with E-state index in [1.165, 1.54) is 25.2 Å². The lowest BCUT2D eigenvalue weighted by molar-refractivity contribution is -0.142. The van der Waals surface area contributed by atoms with Crippen LogP contribution in [0.4, 0.5) is 13.2 Å². The summed E-state index contributed by atoms with van der Waals surface area (Å²) in [5, 5.41) is 1.59. The van der Waals surface area contributed by atoms with E-state index >= 15 is 0 Å². The Morgan fingerprint density at radius 1 is 1.29 bits per heavy atom. The van der Waals surface area contributed by atoms with E-state index in [-0.39, 0.29) is 9.77 Å². The minimum atomic E-state index is -4.62. The zero-order valence-corrected chi connectivity index (χ0v) is 12.5. The van der Waals surface area contributed by atoms with E-state index in [1.807, 2.05) is 0 Å². The van der Waals surface area contributed by atoms with Crippen molar-refractivity contribution in [3.63, 3.8) is 0 Å². The van der Waals surface area contributed by atoms with Crippen molar-refractivity contribution in [1.29, 1.82) is 0 Å². The van der Waals surface area contributed by atoms with Crippen LogP contribution in [0.25, 0.3) is 0 Å². The predicted octanol–water partition coefficient (Wildman–Crippen LogP) is 2.98. The standard InChI is InChI=1S/C12H11F3N2O2S2/c1-17(21(18,19)10-5-3-7-20-10)8-9-4-2-6-16-11(9)12(13,14)15/h2-7H,8H2,1H3. The zero-order valence-electron chi connectivity index (χ0n) is 10.8. The molecule has 114 valence electrons. The van der Waals surface area contributed by atoms with E-state index in [1.54, 1.807) is 11.4 Å². The van der Waals surface area contributed by atoms with Crippen LogP contribution in [0, 0.1) is 0 Å². The Morgan fingerprint density at radius 3 is 2.57 bits per heavy atom. The Kier molecular flexibility index (Phi) is 4.35. The first-order chi connectivity index (χ1) is 9.73. The van der Waals surface area contributed by atoms with Gasteiger partial charge in [0.1, 0.15) is 9.90 Å². The molecule has 9 heteroatoms. The Labute approximate surface area is 123 Å². The summed E-state index contributed by atoms with van der Waals surface area (Å²) in [7, 11) is -2.56. The van der Waals surface area contributed by atoms with Crippen molar-refractivity contribution in [2.75, 3.05) is 7.05 Å². The fourth-order valence-corrected chi connectivity index (χ4v) is 4.06. The molecule has 0 amide bonds. The molecular formula is C12H11F3N2O2S2. The van der Waals surface area contributed by atoms with E-state index < -0.39 is 28.4 Å². The van der Waals surface area contributed by atoms with Crippen molar-refractivity contribution in [2.45, 2.75) is 16.9 Å². The number of hydrogen-bond donors (Lipinski definition) is 0. The van der Waals surface area contributed by atoms with Crippen LogP contribution >= 0.6 is 11.3 Å². The number of halogens is 3. The fraction of sp³-hybridized carbons (Fsp3) is 0.250. The maximum Gasteiger partial charge on any atom is 0.433 e. The molecule has 2 aromatic heterocycles. The van der Waals surface area contributed by atoms with E-state index in [0.717, 1.165) is 21.8 Å². The third kappa shape index (κ3) is 3.42. The lowest BCUT2D eigenvalue weighted by atomic mass is 10.2. The molecule has 0 fully saturated rings. The van der Waals surface area contributed by atoms with Crippen molar-refractivity contribution >= 4 is 21.4 Å². The average molecular weight is 336 g/mol. The Hall–Kier alpha value is -1.45. The molecule has 0 aliphatic carbocycles. The van der Waals surface area contributed by atoms with E-state index in [0.29, 0.717) is 0 Å². The number of thiophene rings is 1. The molecule has 0 aromatic carbocycles. The van der Waals surface area contributed by atoms with Gasteiger partial charge < -0.3 is 0 Å². The topological polar surface area (TPSA) is 50.3 Å². The molecular weight excluding hydrogens is 325 g/mol. The monoisotopic (exact) mass is 336 g/mol. The zero-order chi connectivity index (χ0) is 15.7. The lowest BCUT2D eigenvalue weighted by Crippen LogP contribution is -2.27. The summed E-state index contributed by atoms with van der Waals surface area (Å²) < 4.78 is 63.9. The largest absolute Gasteiger partial charge is 0.433 e. The smallest absolute Gasteiger partial charge is 0.251 e. The maximum atomic E-state index is 12.8. The van der Waals surface area contributed by atoms with E-state index in [9.17, 15) is 21.6 Å². The number of alkyl halides is 3. The molecule has 0 saturated heterocycles. The van der Waals surface area contributed by atoms with Gasteiger partial charge in [0.25, 0.3) is 10.0 Å². The highest BCUT2D eigenvalue weighted by atomic mass is 32.2. The molecule has 0 N–H and O–H groups in total. The molecule has 4 nitrogen and oxygen atoms in total. The summed E-state index contributed by atoms with van der Waals surface area (Å²) in [5.41, 5.74) is -1.26. The lowest BCUT2D eigenvalue weighted by Gasteiger charge is -2.18. The van der Waals surface area contributed by atoms with Gasteiger partial charge in [-0.25, -0.2) is 8.42 Å². The van der Waals surface area contributed by atoms with Gasteiger partial charge in [0.2, 0.25) is 0 Å². The molecule has 0 aliphatic rings. The van der Waals surface area contributed by atoms with Gasteiger partial charge in [0.05, 0.1) is 0 Å². The van der Waals surface area contributed by atoms with Crippen LogP contribution in [0.2, 0.25) is 0 Å². The molecule has 2 rings (SSSR count). The average Bonchev–Trinajstić information content (AvgIpc) is 2.92. The van der Waals surface area contributed by atoms with Crippen LogP contribution in [0.1, 0.15) is 11.3 Å². The highest BCUT2D eigenvalue weighted by Gasteiger charge is 2.36. The molecule has 0 aliphatic heterocycles. The molecule has 0 radical (unpaired) electrons. The summed E-state index contributed by atoms with van der Waals surface area (Å²) in [4.78, 5) is 3.30. The number of pyridine rings is 1. The maximum absolute atomic E-state index is 12.8. The van der Waals surface area contributed by atoms with Crippen LogP contribution in [-0.2, 0) is 22.7 Å². The van der Waals surface area contributed by atoms with Gasteiger partial charge in [-0.2, -0.15) is 17.5 Å². The molecule has 0 saturated carbocycles. The van der Waals surface area contributed by atoms with Gasteiger partial charge >= 0.3 is 6.18 Å². The third-order valence-electron chi connectivity index (χ3n) is 2.71. The van der Waals surface area contributed by atoms with Gasteiger partial charge in [-0.3, -0.25) is 4.98 Å². The van der Waals surface area contributed by atoms with Gasteiger partial charge in [0.15, 0.2) is 0 Å². The summed E-state index contributed by atoms with van der Waals surface area (Å²) in [6, 6.07) is 5.54. The summed E-state index contributed by atoms with van der Waals surface area (Å²) in [6.07, 6.45) is -3.59. The predicted molar refractivity (Wildman–Crippen MR) is 72.2 cm³/mol. The van der Waals surface area contributed by atoms with Crippen molar-refractivity contribution in [2.24, 2.45) is 0 Å². The SMILES string of the molecule is CN(Cc1cccnc1C(F)(F)F)S(=O)(=O)c1cccs1. The summed E-state index contributed by atoms with van der Waals surface area (Å²) in [6.45, 7) is -0.400. The van der Waals surface area contributed by atoms with Crippen LogP contribution in [0.5, 0.6) is 0 Å². The Bertz CT molecular complexity index is 712. The quantitative estimate of drug-likeness (QED) is 0.862. The van der Waals surface area contributed by atoms with Crippen molar-refractivity contribution in [3.8, 4) is 0 Å². The minimum Gasteiger partial charge on any atom is -0.251 e. The summed E-state index contributed by atoms with van der Waals surface area (Å²) in [5.74, 6) is 0. The van der Waals surface area contributed by atoms with Crippen LogP contribution < -0.4 is 0 Å².